The predicted octanol–water partition coefficient (Wildman–Crippen LogP) is 2.22. The van der Waals surface area contributed by atoms with E-state index in [9.17, 15) is 22.8 Å². The van der Waals surface area contributed by atoms with Crippen molar-refractivity contribution in [1.82, 2.24) is 5.32 Å². The Morgan fingerprint density at radius 3 is 2.37 bits per heavy atom. The van der Waals surface area contributed by atoms with Gasteiger partial charge >= 0.3 is 6.09 Å². The van der Waals surface area contributed by atoms with E-state index in [2.05, 4.69) is 15.4 Å². The van der Waals surface area contributed by atoms with Crippen LogP contribution in [0, 0.1) is 0 Å². The normalized spacial score (nSPS) is 10.9. The number of nitrogens with one attached hydrogen (secondary N) is 2. The summed E-state index contributed by atoms with van der Waals surface area (Å²) in [6.07, 6.45) is 0.242. The fraction of sp³-hybridized carbons (Fsp3) is 0.235. The lowest BCUT2D eigenvalue weighted by molar-refractivity contribution is -0.115. The van der Waals surface area contributed by atoms with Gasteiger partial charge in [-0.15, -0.1) is 11.3 Å². The molecule has 1 aromatic carbocycles. The minimum Gasteiger partial charge on any atom is -0.450 e. The van der Waals surface area contributed by atoms with Gasteiger partial charge in [-0.3, -0.25) is 14.9 Å². The topological polar surface area (TPSA) is 119 Å². The van der Waals surface area contributed by atoms with E-state index in [1.165, 1.54) is 18.2 Å². The van der Waals surface area contributed by atoms with Crippen LogP contribution in [-0.2, 0) is 25.8 Å². The van der Waals surface area contributed by atoms with E-state index in [0.717, 1.165) is 17.6 Å². The smallest absolute Gasteiger partial charge is 0.414 e. The van der Waals surface area contributed by atoms with Crippen LogP contribution in [-0.4, -0.2) is 39.2 Å². The Hall–Kier alpha value is -2.72. The number of benzene rings is 1. The molecule has 0 saturated heterocycles. The number of hydrogen-bond donors (Lipinski definition) is 2. The van der Waals surface area contributed by atoms with Crippen LogP contribution in [0.15, 0.2) is 40.6 Å². The molecule has 0 unspecified atom stereocenters. The lowest BCUT2D eigenvalue weighted by Crippen LogP contribution is -2.31. The number of hydrogen-bond acceptors (Lipinski definition) is 7. The molecule has 0 aliphatic heterocycles. The molecule has 0 saturated carbocycles. The number of carbonyl (C=O) groups excluding carboxylic acids is 3. The highest BCUT2D eigenvalue weighted by molar-refractivity contribution is 7.90. The van der Waals surface area contributed by atoms with Crippen molar-refractivity contribution in [2.24, 2.45) is 0 Å². The third kappa shape index (κ3) is 5.90. The summed E-state index contributed by atoms with van der Waals surface area (Å²) < 4.78 is 27.5. The zero-order valence-electron chi connectivity index (χ0n) is 14.6. The molecule has 1 aromatic heterocycles. The van der Waals surface area contributed by atoms with Crippen molar-refractivity contribution in [3.63, 3.8) is 0 Å². The van der Waals surface area contributed by atoms with Crippen LogP contribution in [0.2, 0.25) is 0 Å². The number of imide groups is 1. The van der Waals surface area contributed by atoms with E-state index in [1.807, 2.05) is 0 Å². The summed E-state index contributed by atoms with van der Waals surface area (Å²) in [5, 5.41) is 6.59. The van der Waals surface area contributed by atoms with Crippen LogP contribution in [0.4, 0.5) is 9.80 Å². The summed E-state index contributed by atoms with van der Waals surface area (Å²) in [5.74, 6) is -1.06. The van der Waals surface area contributed by atoms with Crippen molar-refractivity contribution < 1.29 is 27.5 Å². The Morgan fingerprint density at radius 1 is 1.11 bits per heavy atom. The number of amides is 3. The molecule has 0 spiro atoms. The maximum absolute atomic E-state index is 12.2. The van der Waals surface area contributed by atoms with E-state index in [1.54, 1.807) is 24.4 Å². The SMILES string of the molecule is CCOC(=O)NC(=O)c1ccsc1NC(=O)Cc1ccc(S(C)(=O)=O)cc1. The van der Waals surface area contributed by atoms with Gasteiger partial charge in [-0.05, 0) is 36.1 Å². The number of rotatable bonds is 6. The first-order chi connectivity index (χ1) is 12.7. The van der Waals surface area contributed by atoms with Gasteiger partial charge in [-0.2, -0.15) is 0 Å². The molecule has 0 aliphatic carbocycles. The summed E-state index contributed by atoms with van der Waals surface area (Å²) in [4.78, 5) is 35.8. The molecular weight excluding hydrogens is 392 g/mol. The number of alkyl carbamates (subject to hydrolysis) is 1. The molecule has 2 aromatic rings. The first kappa shape index (κ1) is 20.6. The molecule has 3 amide bonds. The summed E-state index contributed by atoms with van der Waals surface area (Å²) in [6.45, 7) is 1.74. The van der Waals surface area contributed by atoms with Crippen LogP contribution >= 0.6 is 11.3 Å². The second-order valence-electron chi connectivity index (χ2n) is 5.48. The number of sulfone groups is 1. The molecule has 8 nitrogen and oxygen atoms in total. The molecule has 2 rings (SSSR count). The molecular formula is C17H18N2O6S2. The number of anilines is 1. The Labute approximate surface area is 160 Å². The van der Waals surface area contributed by atoms with Crippen molar-refractivity contribution in [2.75, 3.05) is 18.2 Å². The molecule has 1 heterocycles. The van der Waals surface area contributed by atoms with E-state index in [0.29, 0.717) is 10.6 Å². The molecule has 10 heteroatoms. The molecule has 0 atom stereocenters. The van der Waals surface area contributed by atoms with Crippen LogP contribution in [0.1, 0.15) is 22.8 Å². The van der Waals surface area contributed by atoms with Crippen molar-refractivity contribution in [3.8, 4) is 0 Å². The molecule has 0 radical (unpaired) electrons. The van der Waals surface area contributed by atoms with Crippen LogP contribution < -0.4 is 10.6 Å². The van der Waals surface area contributed by atoms with Crippen molar-refractivity contribution in [1.29, 1.82) is 0 Å². The second kappa shape index (κ2) is 8.78. The van der Waals surface area contributed by atoms with Crippen LogP contribution in [0.5, 0.6) is 0 Å². The average molecular weight is 410 g/mol. The first-order valence-electron chi connectivity index (χ1n) is 7.85. The fourth-order valence-corrected chi connectivity index (χ4v) is 3.55. The van der Waals surface area contributed by atoms with Crippen LogP contribution in [0.25, 0.3) is 0 Å². The van der Waals surface area contributed by atoms with Gasteiger partial charge in [-0.25, -0.2) is 13.2 Å². The lowest BCUT2D eigenvalue weighted by atomic mass is 10.1. The monoisotopic (exact) mass is 410 g/mol. The number of thiophene rings is 1. The lowest BCUT2D eigenvalue weighted by Gasteiger charge is -2.07. The van der Waals surface area contributed by atoms with E-state index >= 15 is 0 Å². The highest BCUT2D eigenvalue weighted by atomic mass is 32.2. The van der Waals surface area contributed by atoms with E-state index in [-0.39, 0.29) is 29.4 Å². The molecule has 0 fully saturated rings. The maximum Gasteiger partial charge on any atom is 0.414 e. The van der Waals surface area contributed by atoms with Gasteiger partial charge in [0.2, 0.25) is 5.91 Å². The van der Waals surface area contributed by atoms with Gasteiger partial charge in [0.15, 0.2) is 9.84 Å². The first-order valence-corrected chi connectivity index (χ1v) is 10.6. The van der Waals surface area contributed by atoms with E-state index < -0.39 is 21.8 Å². The van der Waals surface area contributed by atoms with Gasteiger partial charge in [0, 0.05) is 6.26 Å². The third-order valence-corrected chi connectivity index (χ3v) is 5.33. The Morgan fingerprint density at radius 2 is 1.78 bits per heavy atom. The summed E-state index contributed by atoms with van der Waals surface area (Å²) >= 11 is 1.14. The summed E-state index contributed by atoms with van der Waals surface area (Å²) in [5.41, 5.74) is 0.766. The Bertz CT molecular complexity index is 948. The molecule has 27 heavy (non-hydrogen) atoms. The fourth-order valence-electron chi connectivity index (χ4n) is 2.12. The highest BCUT2D eigenvalue weighted by Crippen LogP contribution is 2.23. The second-order valence-corrected chi connectivity index (χ2v) is 8.41. The molecule has 0 aliphatic rings. The maximum atomic E-state index is 12.2. The highest BCUT2D eigenvalue weighted by Gasteiger charge is 2.18. The van der Waals surface area contributed by atoms with Gasteiger partial charge in [0.1, 0.15) is 5.00 Å². The van der Waals surface area contributed by atoms with E-state index in [4.69, 9.17) is 0 Å². The average Bonchev–Trinajstić information content (AvgIpc) is 3.02. The van der Waals surface area contributed by atoms with Gasteiger partial charge < -0.3 is 10.1 Å². The van der Waals surface area contributed by atoms with Crippen molar-refractivity contribution in [2.45, 2.75) is 18.2 Å². The largest absolute Gasteiger partial charge is 0.450 e. The van der Waals surface area contributed by atoms with Crippen molar-refractivity contribution >= 4 is 44.1 Å². The molecule has 144 valence electrons. The summed E-state index contributed by atoms with van der Waals surface area (Å²) in [6, 6.07) is 7.45. The van der Waals surface area contributed by atoms with Crippen LogP contribution in [0.3, 0.4) is 0 Å². The predicted molar refractivity (Wildman–Crippen MR) is 101 cm³/mol. The quantitative estimate of drug-likeness (QED) is 0.754. The zero-order valence-corrected chi connectivity index (χ0v) is 16.3. The molecule has 0 bridgehead atoms. The Balaban J connectivity index is 2.01. The summed E-state index contributed by atoms with van der Waals surface area (Å²) in [7, 11) is -3.30. The molecule has 2 N–H and O–H groups in total. The van der Waals surface area contributed by atoms with Gasteiger partial charge in [0.25, 0.3) is 5.91 Å². The standard InChI is InChI=1S/C17H18N2O6S2/c1-3-25-17(22)19-15(21)13-8-9-26-16(13)18-14(20)10-11-4-6-12(7-5-11)27(2,23)24/h4-9H,3,10H2,1-2H3,(H,18,20)(H,19,21,22). The minimum atomic E-state index is -3.30. The third-order valence-electron chi connectivity index (χ3n) is 3.37. The number of carbonyl (C=O) groups is 3. The van der Waals surface area contributed by atoms with Gasteiger partial charge in [-0.1, -0.05) is 12.1 Å². The zero-order chi connectivity index (χ0) is 20.0. The Kier molecular flexibility index (Phi) is 6.70. The number of ether oxygens (including phenoxy) is 1. The van der Waals surface area contributed by atoms with Gasteiger partial charge in [0.05, 0.1) is 23.5 Å². The van der Waals surface area contributed by atoms with Crippen molar-refractivity contribution in [3.05, 3.63) is 46.8 Å². The minimum absolute atomic E-state index is 0.000870.